The van der Waals surface area contributed by atoms with Gasteiger partial charge in [-0.25, -0.2) is 0 Å². The Hall–Kier alpha value is -0.510. The zero-order chi connectivity index (χ0) is 8.20. The smallest absolute Gasteiger partial charge is 0.173 e. The highest BCUT2D eigenvalue weighted by Gasteiger charge is 2.33. The monoisotopic (exact) mass is 171 g/mol. The summed E-state index contributed by atoms with van der Waals surface area (Å²) >= 11 is 4.65. The first-order chi connectivity index (χ1) is 4.52. The van der Waals surface area contributed by atoms with E-state index in [9.17, 15) is 13.2 Å². The molecule has 0 rings (SSSR count). The van der Waals surface area contributed by atoms with Crippen molar-refractivity contribution < 1.29 is 13.2 Å². The average Bonchev–Trinajstić information content (AvgIpc) is 1.80. The highest BCUT2D eigenvalue weighted by atomic mass is 35.5. The maximum Gasteiger partial charge on any atom is 0.434 e. The van der Waals surface area contributed by atoms with Gasteiger partial charge in [0, 0.05) is 11.8 Å². The number of rotatable bonds is 1. The lowest BCUT2D eigenvalue weighted by Gasteiger charge is -2.02. The third-order valence-electron chi connectivity index (χ3n) is 0.706. The predicted octanol–water partition coefficient (Wildman–Crippen LogP) is 2.72. The molecule has 0 aliphatic heterocycles. The minimum Gasteiger partial charge on any atom is -0.173 e. The van der Waals surface area contributed by atoms with Crippen LogP contribution in [-0.4, -0.2) is 11.9 Å². The number of alkyl halides is 3. The van der Waals surface area contributed by atoms with Gasteiger partial charge < -0.3 is 0 Å². The van der Waals surface area contributed by atoms with Gasteiger partial charge in [-0.3, -0.25) is 0 Å². The van der Waals surface area contributed by atoms with Crippen molar-refractivity contribution in [2.45, 2.75) is 13.1 Å². The Labute approximate surface area is 61.3 Å². The molecule has 0 atom stereocenters. The second kappa shape index (κ2) is 3.61. The fraction of sp³-hybridized carbons (Fsp3) is 0.400. The highest BCUT2D eigenvalue weighted by molar-refractivity contribution is 6.22. The van der Waals surface area contributed by atoms with Crippen LogP contribution in [-0.2, 0) is 0 Å². The molecule has 0 saturated carbocycles. The molecule has 5 heteroatoms. The summed E-state index contributed by atoms with van der Waals surface area (Å²) in [4.78, 5) is 0. The van der Waals surface area contributed by atoms with Gasteiger partial charge >= 0.3 is 6.18 Å². The van der Waals surface area contributed by atoms with Crippen molar-refractivity contribution in [3.05, 3.63) is 12.2 Å². The van der Waals surface area contributed by atoms with Crippen LogP contribution in [0.3, 0.4) is 0 Å². The second-order valence-electron chi connectivity index (χ2n) is 1.47. The van der Waals surface area contributed by atoms with E-state index < -0.39 is 11.9 Å². The van der Waals surface area contributed by atoms with E-state index in [1.807, 2.05) is 0 Å². The van der Waals surface area contributed by atoms with Crippen molar-refractivity contribution in [2.75, 3.05) is 0 Å². The Morgan fingerprint density at radius 1 is 1.50 bits per heavy atom. The number of hydrogen-bond acceptors (Lipinski definition) is 1. The van der Waals surface area contributed by atoms with Crippen LogP contribution in [0.25, 0.3) is 0 Å². The van der Waals surface area contributed by atoms with Crippen LogP contribution < -0.4 is 0 Å². The Morgan fingerprint density at radius 3 is 2.10 bits per heavy atom. The molecule has 1 nitrogen and oxygen atoms in total. The van der Waals surface area contributed by atoms with Crippen LogP contribution in [0.1, 0.15) is 6.92 Å². The molecule has 0 amide bonds. The third-order valence-corrected chi connectivity index (χ3v) is 0.888. The van der Waals surface area contributed by atoms with E-state index in [1.54, 1.807) is 0 Å². The van der Waals surface area contributed by atoms with E-state index in [0.717, 1.165) is 6.08 Å². The summed E-state index contributed by atoms with van der Waals surface area (Å²) in [6.45, 7) is 1.45. The van der Waals surface area contributed by atoms with Crippen molar-refractivity contribution in [3.63, 3.8) is 0 Å². The molecule has 0 aromatic carbocycles. The Balaban J connectivity index is 4.39. The molecule has 0 aromatic rings. The first-order valence-corrected chi connectivity index (χ1v) is 2.75. The lowest BCUT2D eigenvalue weighted by Crippen LogP contribution is -2.19. The number of hydrogen-bond donors (Lipinski definition) is 0. The molecule has 0 aromatic heterocycles. The molecule has 10 heavy (non-hydrogen) atoms. The molecule has 0 radical (unpaired) electrons. The third kappa shape index (κ3) is 2.87. The lowest BCUT2D eigenvalue weighted by atomic mass is 10.3. The van der Waals surface area contributed by atoms with E-state index in [-0.39, 0.29) is 0 Å². The molecule has 0 spiro atoms. The van der Waals surface area contributed by atoms with E-state index in [4.69, 9.17) is 0 Å². The van der Waals surface area contributed by atoms with E-state index in [1.165, 1.54) is 13.0 Å². The normalized spacial score (nSPS) is 14.7. The van der Waals surface area contributed by atoms with Gasteiger partial charge in [0.05, 0.1) is 0 Å². The van der Waals surface area contributed by atoms with Gasteiger partial charge in [0.15, 0.2) is 5.71 Å². The number of halogens is 4. The van der Waals surface area contributed by atoms with Crippen molar-refractivity contribution in [1.29, 1.82) is 0 Å². The van der Waals surface area contributed by atoms with Gasteiger partial charge in [-0.2, -0.15) is 17.7 Å². The minimum atomic E-state index is -4.45. The molecule has 58 valence electrons. The Morgan fingerprint density at radius 2 is 2.00 bits per heavy atom. The summed E-state index contributed by atoms with van der Waals surface area (Å²) in [5, 5.41) is 0. The molecule has 0 saturated heterocycles. The summed E-state index contributed by atoms with van der Waals surface area (Å²) < 4.78 is 37.4. The largest absolute Gasteiger partial charge is 0.434 e. The van der Waals surface area contributed by atoms with Crippen LogP contribution >= 0.6 is 11.8 Å². The topological polar surface area (TPSA) is 12.4 Å². The lowest BCUT2D eigenvalue weighted by molar-refractivity contribution is -0.0574. The van der Waals surface area contributed by atoms with Crippen LogP contribution in [0.2, 0.25) is 0 Å². The fourth-order valence-electron chi connectivity index (χ4n) is 0.328. The first kappa shape index (κ1) is 9.49. The molecule has 0 fully saturated rings. The molecule has 0 aliphatic carbocycles. The van der Waals surface area contributed by atoms with Crippen molar-refractivity contribution >= 4 is 17.5 Å². The quantitative estimate of drug-likeness (QED) is 0.538. The first-order valence-electron chi connectivity index (χ1n) is 2.41. The average molecular weight is 172 g/mol. The van der Waals surface area contributed by atoms with Gasteiger partial charge in [0.2, 0.25) is 0 Å². The number of allylic oxidation sites excluding steroid dienone is 2. The van der Waals surface area contributed by atoms with Crippen molar-refractivity contribution in [2.24, 2.45) is 4.51 Å². The minimum absolute atomic E-state index is 0.799. The number of nitrogens with zero attached hydrogens (tertiary/aromatic N) is 1. The summed E-state index contributed by atoms with van der Waals surface area (Å²) in [6.07, 6.45) is -2.43. The fourth-order valence-corrected chi connectivity index (χ4v) is 0.481. The molecule has 0 aliphatic rings. The summed E-state index contributed by atoms with van der Waals surface area (Å²) in [5.41, 5.74) is -1.09. The SMILES string of the molecule is C/C=C\C(=NCl)C(F)(F)F. The summed E-state index contributed by atoms with van der Waals surface area (Å²) in [7, 11) is 0. The van der Waals surface area contributed by atoms with E-state index in [0.29, 0.717) is 0 Å². The molecule has 0 bridgehead atoms. The Kier molecular flexibility index (Phi) is 3.42. The van der Waals surface area contributed by atoms with E-state index in [2.05, 4.69) is 16.3 Å². The van der Waals surface area contributed by atoms with E-state index >= 15 is 0 Å². The van der Waals surface area contributed by atoms with Gasteiger partial charge in [-0.1, -0.05) is 6.08 Å². The van der Waals surface area contributed by atoms with Gasteiger partial charge in [0.25, 0.3) is 0 Å². The van der Waals surface area contributed by atoms with Gasteiger partial charge in [-0.05, 0) is 13.0 Å². The summed E-state index contributed by atoms with van der Waals surface area (Å²) in [6, 6.07) is 0. The molecular formula is C5H5ClF3N. The zero-order valence-corrected chi connectivity index (χ0v) is 5.87. The zero-order valence-electron chi connectivity index (χ0n) is 5.11. The predicted molar refractivity (Wildman–Crippen MR) is 34.2 cm³/mol. The van der Waals surface area contributed by atoms with Crippen LogP contribution in [0, 0.1) is 0 Å². The summed E-state index contributed by atoms with van der Waals surface area (Å²) in [5.74, 6) is 0. The maximum absolute atomic E-state index is 11.6. The second-order valence-corrected chi connectivity index (χ2v) is 1.64. The Bertz CT molecular complexity index is 159. The van der Waals surface area contributed by atoms with Crippen LogP contribution in [0.5, 0.6) is 0 Å². The van der Waals surface area contributed by atoms with Crippen molar-refractivity contribution in [1.82, 2.24) is 0 Å². The van der Waals surface area contributed by atoms with Crippen molar-refractivity contribution in [3.8, 4) is 0 Å². The van der Waals surface area contributed by atoms with Gasteiger partial charge in [0.1, 0.15) is 0 Å². The van der Waals surface area contributed by atoms with Gasteiger partial charge in [-0.15, -0.1) is 0 Å². The maximum atomic E-state index is 11.6. The van der Waals surface area contributed by atoms with Crippen LogP contribution in [0.4, 0.5) is 13.2 Å². The highest BCUT2D eigenvalue weighted by Crippen LogP contribution is 2.18. The molecule has 0 N–H and O–H groups in total. The van der Waals surface area contributed by atoms with Crippen LogP contribution in [0.15, 0.2) is 16.7 Å². The molecular weight excluding hydrogens is 167 g/mol. The molecule has 0 heterocycles. The standard InChI is InChI=1S/C5H5ClF3N/c1-2-3-4(10-6)5(7,8)9/h2-3H,1H3/b3-2-,10-4?. The molecule has 0 unspecified atom stereocenters.